The number of benzene rings is 2. The first kappa shape index (κ1) is 15.7. The molecular weight excluding hydrogens is 280 g/mol. The maximum Gasteiger partial charge on any atom is 0.275 e. The Labute approximate surface area is 129 Å². The maximum absolute atomic E-state index is 12.3. The zero-order valence-electron chi connectivity index (χ0n) is 12.8. The van der Waals surface area contributed by atoms with Crippen LogP contribution in [0.1, 0.15) is 40.0 Å². The quantitative estimate of drug-likeness (QED) is 0.691. The zero-order chi connectivity index (χ0) is 16.3. The maximum atomic E-state index is 12.3. The molecule has 0 fully saturated rings. The van der Waals surface area contributed by atoms with E-state index in [-0.39, 0.29) is 17.6 Å². The van der Waals surface area contributed by atoms with Gasteiger partial charge in [-0.05, 0) is 38.5 Å². The van der Waals surface area contributed by atoms with Gasteiger partial charge in [-0.1, -0.05) is 30.3 Å². The molecule has 0 heterocycles. The van der Waals surface area contributed by atoms with Crippen LogP contribution < -0.4 is 5.32 Å². The van der Waals surface area contributed by atoms with Gasteiger partial charge in [0.1, 0.15) is 0 Å². The van der Waals surface area contributed by atoms with Gasteiger partial charge in [-0.3, -0.25) is 14.9 Å². The van der Waals surface area contributed by atoms with Crippen LogP contribution in [0.3, 0.4) is 0 Å². The standard InChI is InChI=1S/C17H18N2O3/c1-11-9-15(10-12(2)16(11)19(21)22)17(20)18-13(3)14-7-5-4-6-8-14/h4-10,13H,1-3H3,(H,18,20). The van der Waals surface area contributed by atoms with Crippen molar-refractivity contribution < 1.29 is 9.72 Å². The predicted molar refractivity (Wildman–Crippen MR) is 84.9 cm³/mol. The molecule has 0 aliphatic heterocycles. The van der Waals surface area contributed by atoms with Crippen molar-refractivity contribution >= 4 is 11.6 Å². The van der Waals surface area contributed by atoms with Crippen molar-refractivity contribution in [1.82, 2.24) is 5.32 Å². The normalized spacial score (nSPS) is 11.8. The van der Waals surface area contributed by atoms with E-state index in [1.807, 2.05) is 37.3 Å². The minimum Gasteiger partial charge on any atom is -0.346 e. The lowest BCUT2D eigenvalue weighted by Crippen LogP contribution is -2.26. The third-order valence-corrected chi connectivity index (χ3v) is 3.58. The highest BCUT2D eigenvalue weighted by Gasteiger charge is 2.19. The average Bonchev–Trinajstić information content (AvgIpc) is 2.46. The fourth-order valence-corrected chi connectivity index (χ4v) is 2.48. The minimum atomic E-state index is -0.418. The molecule has 0 bridgehead atoms. The Bertz CT molecular complexity index is 688. The number of nitro benzene ring substituents is 1. The third-order valence-electron chi connectivity index (χ3n) is 3.58. The molecule has 0 radical (unpaired) electrons. The Morgan fingerprint density at radius 2 is 1.68 bits per heavy atom. The van der Waals surface area contributed by atoms with E-state index in [0.717, 1.165) is 5.56 Å². The van der Waals surface area contributed by atoms with Gasteiger partial charge in [-0.15, -0.1) is 0 Å². The van der Waals surface area contributed by atoms with E-state index in [1.165, 1.54) is 0 Å². The number of rotatable bonds is 4. The summed E-state index contributed by atoms with van der Waals surface area (Å²) in [5.41, 5.74) is 2.48. The second-order valence-corrected chi connectivity index (χ2v) is 5.32. The minimum absolute atomic E-state index is 0.0626. The molecule has 5 heteroatoms. The van der Waals surface area contributed by atoms with E-state index >= 15 is 0 Å². The van der Waals surface area contributed by atoms with Gasteiger partial charge in [0.15, 0.2) is 0 Å². The molecular formula is C17H18N2O3. The van der Waals surface area contributed by atoms with Gasteiger partial charge >= 0.3 is 0 Å². The van der Waals surface area contributed by atoms with Crippen molar-refractivity contribution in [3.8, 4) is 0 Å². The van der Waals surface area contributed by atoms with Crippen molar-refractivity contribution in [2.75, 3.05) is 0 Å². The number of nitrogens with zero attached hydrogens (tertiary/aromatic N) is 1. The fraction of sp³-hybridized carbons (Fsp3) is 0.235. The van der Waals surface area contributed by atoms with Crippen molar-refractivity contribution in [2.45, 2.75) is 26.8 Å². The number of nitrogens with one attached hydrogen (secondary N) is 1. The average molecular weight is 298 g/mol. The number of hydrogen-bond acceptors (Lipinski definition) is 3. The molecule has 0 saturated heterocycles. The highest BCUT2D eigenvalue weighted by molar-refractivity contribution is 5.95. The molecule has 2 aromatic rings. The summed E-state index contributed by atoms with van der Waals surface area (Å²) in [4.78, 5) is 22.9. The molecule has 0 spiro atoms. The van der Waals surface area contributed by atoms with E-state index in [0.29, 0.717) is 16.7 Å². The predicted octanol–water partition coefficient (Wildman–Crippen LogP) is 3.70. The van der Waals surface area contributed by atoms with Crippen molar-refractivity contribution in [1.29, 1.82) is 0 Å². The molecule has 0 aromatic heterocycles. The highest BCUT2D eigenvalue weighted by atomic mass is 16.6. The van der Waals surface area contributed by atoms with Crippen LogP contribution in [-0.2, 0) is 0 Å². The Morgan fingerprint density at radius 3 is 2.18 bits per heavy atom. The molecule has 5 nitrogen and oxygen atoms in total. The molecule has 1 N–H and O–H groups in total. The third kappa shape index (κ3) is 3.31. The Morgan fingerprint density at radius 1 is 1.14 bits per heavy atom. The van der Waals surface area contributed by atoms with E-state index < -0.39 is 4.92 Å². The summed E-state index contributed by atoms with van der Waals surface area (Å²) in [5, 5.41) is 13.9. The van der Waals surface area contributed by atoms with Gasteiger partial charge < -0.3 is 5.32 Å². The van der Waals surface area contributed by atoms with E-state index in [2.05, 4.69) is 5.32 Å². The molecule has 1 amide bonds. The Kier molecular flexibility index (Phi) is 4.56. The summed E-state index contributed by atoms with van der Waals surface area (Å²) in [7, 11) is 0. The fourth-order valence-electron chi connectivity index (χ4n) is 2.48. The number of hydrogen-bond donors (Lipinski definition) is 1. The van der Waals surface area contributed by atoms with Crippen molar-refractivity contribution in [3.05, 3.63) is 74.8 Å². The summed E-state index contributed by atoms with van der Waals surface area (Å²) >= 11 is 0. The van der Waals surface area contributed by atoms with Crippen molar-refractivity contribution in [3.63, 3.8) is 0 Å². The van der Waals surface area contributed by atoms with Crippen LogP contribution in [0.2, 0.25) is 0 Å². The number of amides is 1. The zero-order valence-corrected chi connectivity index (χ0v) is 12.8. The summed E-state index contributed by atoms with van der Waals surface area (Å²) < 4.78 is 0. The first-order valence-electron chi connectivity index (χ1n) is 7.01. The highest BCUT2D eigenvalue weighted by Crippen LogP contribution is 2.24. The van der Waals surface area contributed by atoms with Crippen LogP contribution in [0, 0.1) is 24.0 Å². The smallest absolute Gasteiger partial charge is 0.275 e. The van der Waals surface area contributed by atoms with Crippen LogP contribution in [0.5, 0.6) is 0 Å². The second kappa shape index (κ2) is 6.39. The molecule has 2 aromatic carbocycles. The lowest BCUT2D eigenvalue weighted by Gasteiger charge is -2.15. The first-order valence-corrected chi connectivity index (χ1v) is 7.01. The van der Waals surface area contributed by atoms with Gasteiger partial charge in [0.05, 0.1) is 11.0 Å². The molecule has 22 heavy (non-hydrogen) atoms. The van der Waals surface area contributed by atoms with E-state index in [9.17, 15) is 14.9 Å². The summed E-state index contributed by atoms with van der Waals surface area (Å²) in [6, 6.07) is 12.6. The molecule has 0 aliphatic rings. The van der Waals surface area contributed by atoms with Crippen LogP contribution in [0.25, 0.3) is 0 Å². The molecule has 0 aliphatic carbocycles. The first-order chi connectivity index (χ1) is 10.4. The van der Waals surface area contributed by atoms with Crippen LogP contribution >= 0.6 is 0 Å². The van der Waals surface area contributed by atoms with Crippen LogP contribution in [0.4, 0.5) is 5.69 Å². The Hall–Kier alpha value is -2.69. The van der Waals surface area contributed by atoms with Crippen LogP contribution in [-0.4, -0.2) is 10.8 Å². The lowest BCUT2D eigenvalue weighted by atomic mass is 10.0. The summed E-state index contributed by atoms with van der Waals surface area (Å²) in [6.07, 6.45) is 0. The van der Waals surface area contributed by atoms with Crippen LogP contribution in [0.15, 0.2) is 42.5 Å². The van der Waals surface area contributed by atoms with E-state index in [1.54, 1.807) is 26.0 Å². The van der Waals surface area contributed by atoms with Gasteiger partial charge in [0, 0.05) is 16.7 Å². The number of carbonyl (C=O) groups excluding carboxylic acids is 1. The summed E-state index contributed by atoms with van der Waals surface area (Å²) in [5.74, 6) is -0.238. The SMILES string of the molecule is Cc1cc(C(=O)NC(C)c2ccccc2)cc(C)c1[N+](=O)[O-]. The molecule has 1 atom stereocenters. The monoisotopic (exact) mass is 298 g/mol. The molecule has 114 valence electrons. The Balaban J connectivity index is 2.22. The topological polar surface area (TPSA) is 72.2 Å². The number of nitro groups is 1. The molecule has 2 rings (SSSR count). The second-order valence-electron chi connectivity index (χ2n) is 5.32. The molecule has 0 saturated carbocycles. The number of aryl methyl sites for hydroxylation is 2. The van der Waals surface area contributed by atoms with Gasteiger partial charge in [-0.2, -0.15) is 0 Å². The van der Waals surface area contributed by atoms with Gasteiger partial charge in [0.25, 0.3) is 11.6 Å². The number of carbonyl (C=O) groups is 1. The molecule has 1 unspecified atom stereocenters. The van der Waals surface area contributed by atoms with Gasteiger partial charge in [-0.25, -0.2) is 0 Å². The lowest BCUT2D eigenvalue weighted by molar-refractivity contribution is -0.386. The largest absolute Gasteiger partial charge is 0.346 e. The van der Waals surface area contributed by atoms with Gasteiger partial charge in [0.2, 0.25) is 0 Å². The van der Waals surface area contributed by atoms with E-state index in [4.69, 9.17) is 0 Å². The van der Waals surface area contributed by atoms with Crippen molar-refractivity contribution in [2.24, 2.45) is 0 Å². The summed E-state index contributed by atoms with van der Waals surface area (Å²) in [6.45, 7) is 5.18.